The molecule has 0 aliphatic carbocycles. The summed E-state index contributed by atoms with van der Waals surface area (Å²) in [7, 11) is 0. The molecule has 0 spiro atoms. The maximum absolute atomic E-state index is 12.9. The molecule has 1 fully saturated rings. The zero-order chi connectivity index (χ0) is 22.7. The second-order valence-electron chi connectivity index (χ2n) is 7.17. The smallest absolute Gasteiger partial charge is 0.335 e. The number of nitrogens with zero attached hydrogens (tertiary/aromatic N) is 1. The van der Waals surface area contributed by atoms with E-state index in [1.165, 1.54) is 18.2 Å². The Hall–Kier alpha value is -3.90. The monoisotopic (exact) mass is 446 g/mol. The fourth-order valence-corrected chi connectivity index (χ4v) is 3.41. The van der Waals surface area contributed by atoms with Crippen molar-refractivity contribution < 1.29 is 19.1 Å². The van der Waals surface area contributed by atoms with E-state index >= 15 is 0 Å². The number of hydrogen-bond donors (Lipinski definition) is 1. The van der Waals surface area contributed by atoms with Crippen LogP contribution in [0.5, 0.6) is 5.75 Å². The Balaban J connectivity index is 1.54. The molecule has 1 saturated heterocycles. The van der Waals surface area contributed by atoms with Gasteiger partial charge in [-0.3, -0.25) is 14.9 Å². The maximum Gasteiger partial charge on any atom is 0.335 e. The lowest BCUT2D eigenvalue weighted by Crippen LogP contribution is -2.54. The van der Waals surface area contributed by atoms with Gasteiger partial charge in [-0.1, -0.05) is 54.1 Å². The number of benzene rings is 3. The van der Waals surface area contributed by atoms with Gasteiger partial charge >= 0.3 is 6.03 Å². The molecule has 0 radical (unpaired) electrons. The van der Waals surface area contributed by atoms with Crippen molar-refractivity contribution in [3.63, 3.8) is 0 Å². The van der Waals surface area contributed by atoms with Crippen molar-refractivity contribution in [3.05, 3.63) is 101 Å². The van der Waals surface area contributed by atoms with E-state index in [0.717, 1.165) is 10.5 Å². The highest BCUT2D eigenvalue weighted by molar-refractivity contribution is 6.39. The van der Waals surface area contributed by atoms with Crippen molar-refractivity contribution in [2.45, 2.75) is 13.0 Å². The van der Waals surface area contributed by atoms with E-state index in [2.05, 4.69) is 5.32 Å². The summed E-state index contributed by atoms with van der Waals surface area (Å²) in [6, 6.07) is 22.2. The minimum absolute atomic E-state index is 0.134. The molecule has 4 rings (SSSR count). The number of carbonyl (C=O) groups is 3. The summed E-state index contributed by atoms with van der Waals surface area (Å²) in [4.78, 5) is 38.4. The molecule has 32 heavy (non-hydrogen) atoms. The lowest BCUT2D eigenvalue weighted by molar-refractivity contribution is -0.122. The molecule has 1 aliphatic rings. The molecule has 1 aliphatic heterocycles. The summed E-state index contributed by atoms with van der Waals surface area (Å²) in [6.07, 6.45) is 1.31. The molecule has 0 bridgehead atoms. The van der Waals surface area contributed by atoms with Gasteiger partial charge in [0, 0.05) is 5.02 Å². The van der Waals surface area contributed by atoms with E-state index in [0.29, 0.717) is 22.0 Å². The second kappa shape index (κ2) is 9.08. The van der Waals surface area contributed by atoms with Gasteiger partial charge in [0.1, 0.15) is 17.4 Å². The van der Waals surface area contributed by atoms with Crippen LogP contribution in [0.2, 0.25) is 5.02 Å². The van der Waals surface area contributed by atoms with Crippen molar-refractivity contribution in [1.29, 1.82) is 0 Å². The summed E-state index contributed by atoms with van der Waals surface area (Å²) in [6.45, 7) is 1.96. The van der Waals surface area contributed by atoms with Gasteiger partial charge in [0.15, 0.2) is 0 Å². The number of hydrogen-bond acceptors (Lipinski definition) is 4. The van der Waals surface area contributed by atoms with Gasteiger partial charge in [-0.2, -0.15) is 0 Å². The minimum atomic E-state index is -0.807. The maximum atomic E-state index is 12.9. The highest BCUT2D eigenvalue weighted by Crippen LogP contribution is 2.25. The topological polar surface area (TPSA) is 75.7 Å². The first-order valence-electron chi connectivity index (χ1n) is 9.91. The predicted molar refractivity (Wildman–Crippen MR) is 122 cm³/mol. The van der Waals surface area contributed by atoms with Gasteiger partial charge in [0.2, 0.25) is 0 Å². The normalized spacial score (nSPS) is 16.1. The standard InChI is InChI=1S/C25H19ClN2O4/c1-16(18-5-3-2-4-6-18)32-21-13-7-17(8-14-21)15-22-23(29)27-25(31)28(24(22)30)20-11-9-19(26)10-12-20/h2-16H,1H3,(H,27,29,31)/b22-15+. The van der Waals surface area contributed by atoms with Gasteiger partial charge in [0.05, 0.1) is 5.69 Å². The van der Waals surface area contributed by atoms with Crippen LogP contribution in [0.25, 0.3) is 6.08 Å². The first-order valence-corrected chi connectivity index (χ1v) is 10.3. The summed E-state index contributed by atoms with van der Waals surface area (Å²) in [5.41, 5.74) is 1.84. The van der Waals surface area contributed by atoms with E-state index in [1.54, 1.807) is 36.4 Å². The molecular formula is C25H19ClN2O4. The summed E-state index contributed by atoms with van der Waals surface area (Å²) < 4.78 is 5.96. The van der Waals surface area contributed by atoms with Crippen LogP contribution < -0.4 is 15.0 Å². The van der Waals surface area contributed by atoms with Crippen LogP contribution in [0.15, 0.2) is 84.4 Å². The van der Waals surface area contributed by atoms with Crippen LogP contribution in [0, 0.1) is 0 Å². The Morgan fingerprint density at radius 1 is 0.906 bits per heavy atom. The first kappa shape index (κ1) is 21.3. The number of imide groups is 2. The van der Waals surface area contributed by atoms with Crippen molar-refractivity contribution in [2.24, 2.45) is 0 Å². The second-order valence-corrected chi connectivity index (χ2v) is 7.61. The Morgan fingerprint density at radius 2 is 1.56 bits per heavy atom. The van der Waals surface area contributed by atoms with Gasteiger partial charge in [0.25, 0.3) is 11.8 Å². The van der Waals surface area contributed by atoms with Gasteiger partial charge in [-0.15, -0.1) is 0 Å². The molecule has 1 N–H and O–H groups in total. The summed E-state index contributed by atoms with van der Waals surface area (Å²) >= 11 is 5.88. The third-order valence-electron chi connectivity index (χ3n) is 4.96. The zero-order valence-corrected chi connectivity index (χ0v) is 17.9. The number of amides is 4. The number of halogens is 1. The quantitative estimate of drug-likeness (QED) is 0.434. The molecule has 3 aromatic rings. The highest BCUT2D eigenvalue weighted by atomic mass is 35.5. The number of carbonyl (C=O) groups excluding carboxylic acids is 3. The van der Waals surface area contributed by atoms with E-state index in [1.807, 2.05) is 37.3 Å². The molecule has 3 aromatic carbocycles. The lowest BCUT2D eigenvalue weighted by atomic mass is 10.1. The third kappa shape index (κ3) is 4.55. The first-order chi connectivity index (χ1) is 15.4. The number of anilines is 1. The summed E-state index contributed by atoms with van der Waals surface area (Å²) in [5.74, 6) is -0.803. The predicted octanol–water partition coefficient (Wildman–Crippen LogP) is 5.15. The lowest BCUT2D eigenvalue weighted by Gasteiger charge is -2.26. The number of barbiturate groups is 1. The van der Waals surface area contributed by atoms with Crippen LogP contribution in [0.3, 0.4) is 0 Å². The molecule has 1 unspecified atom stereocenters. The van der Waals surface area contributed by atoms with Crippen LogP contribution in [-0.2, 0) is 9.59 Å². The van der Waals surface area contributed by atoms with Crippen LogP contribution >= 0.6 is 11.6 Å². The molecule has 1 atom stereocenters. The Kier molecular flexibility index (Phi) is 6.05. The highest BCUT2D eigenvalue weighted by Gasteiger charge is 2.36. The largest absolute Gasteiger partial charge is 0.486 e. The van der Waals surface area contributed by atoms with Gasteiger partial charge in [-0.05, 0) is 60.5 Å². The van der Waals surface area contributed by atoms with Gasteiger partial charge in [-0.25, -0.2) is 9.69 Å². The van der Waals surface area contributed by atoms with Crippen molar-refractivity contribution in [2.75, 3.05) is 4.90 Å². The molecule has 4 amide bonds. The van der Waals surface area contributed by atoms with Crippen molar-refractivity contribution in [1.82, 2.24) is 5.32 Å². The summed E-state index contributed by atoms with van der Waals surface area (Å²) in [5, 5.41) is 2.67. The van der Waals surface area contributed by atoms with Crippen LogP contribution in [0.1, 0.15) is 24.2 Å². The van der Waals surface area contributed by atoms with E-state index in [4.69, 9.17) is 16.3 Å². The fourth-order valence-electron chi connectivity index (χ4n) is 3.29. The van der Waals surface area contributed by atoms with E-state index in [9.17, 15) is 14.4 Å². The molecule has 1 heterocycles. The van der Waals surface area contributed by atoms with Crippen LogP contribution in [0.4, 0.5) is 10.5 Å². The van der Waals surface area contributed by atoms with E-state index < -0.39 is 17.8 Å². The average molecular weight is 447 g/mol. The number of rotatable bonds is 5. The van der Waals surface area contributed by atoms with Gasteiger partial charge < -0.3 is 4.74 Å². The van der Waals surface area contributed by atoms with Crippen molar-refractivity contribution >= 4 is 41.2 Å². The SMILES string of the molecule is CC(Oc1ccc(/C=C2\C(=O)NC(=O)N(c3ccc(Cl)cc3)C2=O)cc1)c1ccccc1. The molecule has 7 heteroatoms. The Bertz CT molecular complexity index is 1190. The van der Waals surface area contributed by atoms with E-state index in [-0.39, 0.29) is 11.7 Å². The minimum Gasteiger partial charge on any atom is -0.486 e. The fraction of sp³-hybridized carbons (Fsp3) is 0.0800. The Morgan fingerprint density at radius 3 is 2.22 bits per heavy atom. The molecule has 160 valence electrons. The number of nitrogens with one attached hydrogen (secondary N) is 1. The Labute approximate surface area is 190 Å². The zero-order valence-electron chi connectivity index (χ0n) is 17.1. The molecule has 0 aromatic heterocycles. The molecular weight excluding hydrogens is 428 g/mol. The van der Waals surface area contributed by atoms with Crippen molar-refractivity contribution in [3.8, 4) is 5.75 Å². The molecule has 6 nitrogen and oxygen atoms in total. The number of ether oxygens (including phenoxy) is 1. The third-order valence-corrected chi connectivity index (χ3v) is 5.21. The number of urea groups is 1. The molecule has 0 saturated carbocycles. The average Bonchev–Trinajstić information content (AvgIpc) is 2.79. The van der Waals surface area contributed by atoms with Crippen LogP contribution in [-0.4, -0.2) is 17.8 Å².